The Hall–Kier alpha value is -1.02. The Balaban J connectivity index is 2.10. The van der Waals surface area contributed by atoms with Gasteiger partial charge in [-0.25, -0.2) is 0 Å². The number of rotatable bonds is 6. The lowest BCUT2D eigenvalue weighted by molar-refractivity contribution is -0.137. The van der Waals surface area contributed by atoms with Crippen molar-refractivity contribution in [2.45, 2.75) is 45.6 Å². The van der Waals surface area contributed by atoms with E-state index in [-0.39, 0.29) is 11.8 Å². The highest BCUT2D eigenvalue weighted by atomic mass is 35.5. The Kier molecular flexibility index (Phi) is 5.47. The summed E-state index contributed by atoms with van der Waals surface area (Å²) in [5.74, 6) is 0.911. The predicted molar refractivity (Wildman–Crippen MR) is 84.1 cm³/mol. The molecule has 0 aliphatic heterocycles. The fraction of sp³-hybridized carbons (Fsp3) is 0.588. The maximum atomic E-state index is 12.8. The van der Waals surface area contributed by atoms with E-state index in [0.29, 0.717) is 18.5 Å². The molecular formula is C17H24ClNO. The molecule has 0 N–H and O–H groups in total. The Labute approximate surface area is 127 Å². The summed E-state index contributed by atoms with van der Waals surface area (Å²) in [4.78, 5) is 14.8. The molecule has 0 aromatic heterocycles. The summed E-state index contributed by atoms with van der Waals surface area (Å²) in [5, 5.41) is 0. The molecule has 1 aliphatic carbocycles. The minimum atomic E-state index is 0.108. The van der Waals surface area contributed by atoms with Crippen LogP contribution in [0.25, 0.3) is 0 Å². The Morgan fingerprint density at radius 3 is 2.25 bits per heavy atom. The van der Waals surface area contributed by atoms with E-state index in [1.54, 1.807) is 0 Å². The third-order valence-corrected chi connectivity index (χ3v) is 4.56. The van der Waals surface area contributed by atoms with Crippen molar-refractivity contribution in [3.63, 3.8) is 0 Å². The highest BCUT2D eigenvalue weighted by molar-refractivity contribution is 6.18. The SMILES string of the molecule is CCC(CC)N(CCCl)C(=O)C1Cc2ccccc2C1. The first-order valence-electron chi connectivity index (χ1n) is 7.64. The molecule has 1 aromatic rings. The van der Waals surface area contributed by atoms with E-state index in [9.17, 15) is 4.79 Å². The third-order valence-electron chi connectivity index (χ3n) is 4.39. The van der Waals surface area contributed by atoms with Crippen LogP contribution < -0.4 is 0 Å². The molecule has 0 spiro atoms. The summed E-state index contributed by atoms with van der Waals surface area (Å²) in [6, 6.07) is 8.73. The lowest BCUT2D eigenvalue weighted by Crippen LogP contribution is -2.44. The van der Waals surface area contributed by atoms with E-state index in [0.717, 1.165) is 25.7 Å². The number of nitrogens with zero attached hydrogens (tertiary/aromatic N) is 1. The second-order valence-electron chi connectivity index (χ2n) is 5.56. The number of amides is 1. The van der Waals surface area contributed by atoms with Crippen LogP contribution in [0.15, 0.2) is 24.3 Å². The van der Waals surface area contributed by atoms with Crippen LogP contribution in [0.2, 0.25) is 0 Å². The monoisotopic (exact) mass is 293 g/mol. The molecule has 0 atom stereocenters. The van der Waals surface area contributed by atoms with Gasteiger partial charge in [-0.15, -0.1) is 11.6 Å². The molecule has 0 unspecified atom stereocenters. The van der Waals surface area contributed by atoms with Gasteiger partial charge in [0.05, 0.1) is 0 Å². The van der Waals surface area contributed by atoms with Crippen molar-refractivity contribution in [3.05, 3.63) is 35.4 Å². The Morgan fingerprint density at radius 2 is 1.80 bits per heavy atom. The molecule has 20 heavy (non-hydrogen) atoms. The van der Waals surface area contributed by atoms with Gasteiger partial charge in [0.2, 0.25) is 5.91 Å². The molecule has 2 nitrogen and oxygen atoms in total. The maximum Gasteiger partial charge on any atom is 0.226 e. The van der Waals surface area contributed by atoms with Gasteiger partial charge in [-0.3, -0.25) is 4.79 Å². The fourth-order valence-electron chi connectivity index (χ4n) is 3.26. The lowest BCUT2D eigenvalue weighted by Gasteiger charge is -2.32. The second kappa shape index (κ2) is 7.12. The third kappa shape index (κ3) is 3.17. The summed E-state index contributed by atoms with van der Waals surface area (Å²) < 4.78 is 0. The minimum Gasteiger partial charge on any atom is -0.338 e. The van der Waals surface area contributed by atoms with Gasteiger partial charge in [-0.2, -0.15) is 0 Å². The molecule has 0 heterocycles. The minimum absolute atomic E-state index is 0.108. The summed E-state index contributed by atoms with van der Waals surface area (Å²) in [5.41, 5.74) is 2.67. The molecule has 1 amide bonds. The van der Waals surface area contributed by atoms with Crippen molar-refractivity contribution in [1.82, 2.24) is 4.90 Å². The molecule has 0 bridgehead atoms. The zero-order valence-electron chi connectivity index (χ0n) is 12.4. The van der Waals surface area contributed by atoms with Crippen LogP contribution in [-0.4, -0.2) is 29.3 Å². The van der Waals surface area contributed by atoms with Crippen molar-refractivity contribution in [3.8, 4) is 0 Å². The predicted octanol–water partition coefficient (Wildman–Crippen LogP) is 3.66. The van der Waals surface area contributed by atoms with Gasteiger partial charge in [0.15, 0.2) is 0 Å². The van der Waals surface area contributed by atoms with Crippen molar-refractivity contribution in [2.75, 3.05) is 12.4 Å². The van der Waals surface area contributed by atoms with E-state index in [1.165, 1.54) is 11.1 Å². The first-order chi connectivity index (χ1) is 9.71. The van der Waals surface area contributed by atoms with Crippen molar-refractivity contribution >= 4 is 17.5 Å². The lowest BCUT2D eigenvalue weighted by atomic mass is 10.0. The molecule has 1 aliphatic rings. The standard InChI is InChI=1S/C17H24ClNO/c1-3-16(4-2)19(10-9-18)17(20)15-11-13-7-5-6-8-14(13)12-15/h5-8,15-16H,3-4,9-12H2,1-2H3. The first-order valence-corrected chi connectivity index (χ1v) is 8.17. The molecule has 0 saturated heterocycles. The largest absolute Gasteiger partial charge is 0.338 e. The molecule has 110 valence electrons. The van der Waals surface area contributed by atoms with Crippen LogP contribution in [0.5, 0.6) is 0 Å². The van der Waals surface area contributed by atoms with Crippen LogP contribution in [0, 0.1) is 5.92 Å². The number of fused-ring (bicyclic) bond motifs is 1. The first kappa shape index (κ1) is 15.4. The van der Waals surface area contributed by atoms with Gasteiger partial charge < -0.3 is 4.90 Å². The number of benzene rings is 1. The highest BCUT2D eigenvalue weighted by Crippen LogP contribution is 2.28. The van der Waals surface area contributed by atoms with Crippen molar-refractivity contribution < 1.29 is 4.79 Å². The van der Waals surface area contributed by atoms with Crippen LogP contribution in [0.4, 0.5) is 0 Å². The Morgan fingerprint density at radius 1 is 1.25 bits per heavy atom. The van der Waals surface area contributed by atoms with Crippen LogP contribution >= 0.6 is 11.6 Å². The Bertz CT molecular complexity index is 431. The molecule has 0 fully saturated rings. The number of carbonyl (C=O) groups excluding carboxylic acids is 1. The smallest absolute Gasteiger partial charge is 0.226 e. The van der Waals surface area contributed by atoms with Crippen molar-refractivity contribution in [2.24, 2.45) is 5.92 Å². The number of hydrogen-bond acceptors (Lipinski definition) is 1. The average Bonchev–Trinajstić information content (AvgIpc) is 2.90. The van der Waals surface area contributed by atoms with E-state index >= 15 is 0 Å². The van der Waals surface area contributed by atoms with E-state index in [2.05, 4.69) is 38.1 Å². The number of hydrogen-bond donors (Lipinski definition) is 0. The quantitative estimate of drug-likeness (QED) is 0.733. The molecule has 0 radical (unpaired) electrons. The van der Waals surface area contributed by atoms with Crippen LogP contribution in [0.1, 0.15) is 37.8 Å². The van der Waals surface area contributed by atoms with E-state index in [1.807, 2.05) is 4.90 Å². The van der Waals surface area contributed by atoms with Gasteiger partial charge in [-0.1, -0.05) is 38.1 Å². The zero-order chi connectivity index (χ0) is 14.5. The van der Waals surface area contributed by atoms with Gasteiger partial charge in [0.25, 0.3) is 0 Å². The summed E-state index contributed by atoms with van der Waals surface area (Å²) >= 11 is 5.90. The van der Waals surface area contributed by atoms with Crippen LogP contribution in [-0.2, 0) is 17.6 Å². The fourth-order valence-corrected chi connectivity index (χ4v) is 3.44. The van der Waals surface area contributed by atoms with Crippen molar-refractivity contribution in [1.29, 1.82) is 0 Å². The zero-order valence-corrected chi connectivity index (χ0v) is 13.2. The molecule has 2 rings (SSSR count). The summed E-state index contributed by atoms with van der Waals surface area (Å²) in [7, 11) is 0. The van der Waals surface area contributed by atoms with Gasteiger partial charge in [0, 0.05) is 24.4 Å². The van der Waals surface area contributed by atoms with Gasteiger partial charge in [0.1, 0.15) is 0 Å². The number of alkyl halides is 1. The van der Waals surface area contributed by atoms with Gasteiger partial charge >= 0.3 is 0 Å². The molecule has 3 heteroatoms. The molecule has 0 saturated carbocycles. The normalized spacial score (nSPS) is 14.6. The van der Waals surface area contributed by atoms with E-state index < -0.39 is 0 Å². The van der Waals surface area contributed by atoms with Gasteiger partial charge in [-0.05, 0) is 36.8 Å². The summed E-state index contributed by atoms with van der Waals surface area (Å²) in [6.45, 7) is 4.96. The van der Waals surface area contributed by atoms with E-state index in [4.69, 9.17) is 11.6 Å². The number of halogens is 1. The van der Waals surface area contributed by atoms with Crippen LogP contribution in [0.3, 0.4) is 0 Å². The average molecular weight is 294 g/mol. The maximum absolute atomic E-state index is 12.8. The number of carbonyl (C=O) groups is 1. The topological polar surface area (TPSA) is 20.3 Å². The summed E-state index contributed by atoms with van der Waals surface area (Å²) in [6.07, 6.45) is 3.76. The highest BCUT2D eigenvalue weighted by Gasteiger charge is 2.32. The second-order valence-corrected chi connectivity index (χ2v) is 5.94. The molecular weight excluding hydrogens is 270 g/mol. The molecule has 1 aromatic carbocycles.